The van der Waals surface area contributed by atoms with Gasteiger partial charge >= 0.3 is 0 Å². The zero-order valence-electron chi connectivity index (χ0n) is 11.3. The molecule has 3 aromatic rings. The molecule has 0 saturated carbocycles. The molecule has 0 aliphatic heterocycles. The van der Waals surface area contributed by atoms with Crippen molar-refractivity contribution in [3.8, 4) is 23.3 Å². The number of thioether (sulfide) groups is 1. The Bertz CT molecular complexity index is 759. The molecular formula is C15H12N4OS. The summed E-state index contributed by atoms with van der Waals surface area (Å²) in [6.45, 7) is 1.83. The molecule has 6 heteroatoms. The molecule has 1 unspecified atom stereocenters. The van der Waals surface area contributed by atoms with Gasteiger partial charge in [-0.05, 0) is 31.2 Å². The number of benzene rings is 1. The molecule has 2 heterocycles. The van der Waals surface area contributed by atoms with Gasteiger partial charge in [0.1, 0.15) is 0 Å². The highest BCUT2D eigenvalue weighted by atomic mass is 32.2. The van der Waals surface area contributed by atoms with E-state index in [0.29, 0.717) is 16.7 Å². The molecule has 5 nitrogen and oxygen atoms in total. The molecule has 0 fully saturated rings. The van der Waals surface area contributed by atoms with E-state index in [-0.39, 0.29) is 5.25 Å². The molecule has 0 aliphatic carbocycles. The van der Waals surface area contributed by atoms with Crippen molar-refractivity contribution in [2.45, 2.75) is 17.3 Å². The van der Waals surface area contributed by atoms with Gasteiger partial charge in [0.15, 0.2) is 10.9 Å². The van der Waals surface area contributed by atoms with Crippen molar-refractivity contribution in [3.63, 3.8) is 0 Å². The van der Waals surface area contributed by atoms with Gasteiger partial charge in [0.2, 0.25) is 5.82 Å². The van der Waals surface area contributed by atoms with Crippen molar-refractivity contribution in [1.29, 1.82) is 5.26 Å². The van der Waals surface area contributed by atoms with Gasteiger partial charge in [0.25, 0.3) is 0 Å². The Morgan fingerprint density at radius 3 is 2.67 bits per heavy atom. The Morgan fingerprint density at radius 1 is 1.19 bits per heavy atom. The van der Waals surface area contributed by atoms with E-state index in [1.54, 1.807) is 6.26 Å². The second-order valence-electron chi connectivity index (χ2n) is 4.34. The van der Waals surface area contributed by atoms with E-state index >= 15 is 0 Å². The Kier molecular flexibility index (Phi) is 3.75. The molecule has 1 atom stereocenters. The Hall–Kier alpha value is -2.52. The SMILES string of the molecule is CC(C#N)Sc1nnc(-c2ccco2)n1-c1ccccc1. The molecule has 104 valence electrons. The lowest BCUT2D eigenvalue weighted by Gasteiger charge is -2.09. The van der Waals surface area contributed by atoms with Crippen molar-refractivity contribution in [1.82, 2.24) is 14.8 Å². The van der Waals surface area contributed by atoms with E-state index in [9.17, 15) is 0 Å². The number of para-hydroxylation sites is 1. The predicted octanol–water partition coefficient (Wildman–Crippen LogP) is 3.53. The fourth-order valence-corrected chi connectivity index (χ4v) is 2.66. The minimum atomic E-state index is -0.207. The topological polar surface area (TPSA) is 67.6 Å². The van der Waals surface area contributed by atoms with E-state index in [2.05, 4.69) is 16.3 Å². The van der Waals surface area contributed by atoms with Crippen LogP contribution in [0.4, 0.5) is 0 Å². The first kappa shape index (κ1) is 13.5. The Labute approximate surface area is 126 Å². The Balaban J connectivity index is 2.13. The normalized spacial score (nSPS) is 12.0. The van der Waals surface area contributed by atoms with Gasteiger partial charge in [0.05, 0.1) is 17.6 Å². The first-order chi connectivity index (χ1) is 10.3. The number of furan rings is 1. The number of hydrogen-bond donors (Lipinski definition) is 0. The summed E-state index contributed by atoms with van der Waals surface area (Å²) in [4.78, 5) is 0. The summed E-state index contributed by atoms with van der Waals surface area (Å²) >= 11 is 1.37. The highest BCUT2D eigenvalue weighted by Crippen LogP contribution is 2.29. The smallest absolute Gasteiger partial charge is 0.205 e. The molecule has 3 rings (SSSR count). The summed E-state index contributed by atoms with van der Waals surface area (Å²) in [5.41, 5.74) is 0.932. The number of nitriles is 1. The summed E-state index contributed by atoms with van der Waals surface area (Å²) in [6, 6.07) is 15.6. The van der Waals surface area contributed by atoms with Gasteiger partial charge in [-0.25, -0.2) is 0 Å². The number of hydrogen-bond acceptors (Lipinski definition) is 5. The standard InChI is InChI=1S/C15H12N4OS/c1-11(10-16)21-15-18-17-14(13-8-5-9-20-13)19(15)12-6-3-2-4-7-12/h2-9,11H,1H3. The molecule has 0 bridgehead atoms. The highest BCUT2D eigenvalue weighted by molar-refractivity contribution is 8.00. The Morgan fingerprint density at radius 2 is 2.00 bits per heavy atom. The van der Waals surface area contributed by atoms with E-state index in [1.807, 2.05) is 54.0 Å². The second-order valence-corrected chi connectivity index (χ2v) is 5.65. The van der Waals surface area contributed by atoms with Gasteiger partial charge in [-0.3, -0.25) is 4.57 Å². The summed E-state index contributed by atoms with van der Waals surface area (Å²) in [7, 11) is 0. The largest absolute Gasteiger partial charge is 0.461 e. The van der Waals surface area contributed by atoms with Crippen LogP contribution in [0.25, 0.3) is 17.3 Å². The minimum Gasteiger partial charge on any atom is -0.461 e. The highest BCUT2D eigenvalue weighted by Gasteiger charge is 2.19. The third-order valence-corrected chi connectivity index (χ3v) is 3.79. The summed E-state index contributed by atoms with van der Waals surface area (Å²) < 4.78 is 7.33. The van der Waals surface area contributed by atoms with Crippen molar-refractivity contribution in [3.05, 3.63) is 48.7 Å². The lowest BCUT2D eigenvalue weighted by Crippen LogP contribution is -2.01. The molecule has 0 radical (unpaired) electrons. The molecule has 0 spiro atoms. The predicted molar refractivity (Wildman–Crippen MR) is 80.0 cm³/mol. The maximum absolute atomic E-state index is 9.00. The van der Waals surface area contributed by atoms with Crippen LogP contribution in [0.1, 0.15) is 6.92 Å². The number of aromatic nitrogens is 3. The average molecular weight is 296 g/mol. The molecule has 0 aliphatic rings. The fraction of sp³-hybridized carbons (Fsp3) is 0.133. The van der Waals surface area contributed by atoms with Crippen LogP contribution < -0.4 is 0 Å². The van der Waals surface area contributed by atoms with E-state index in [1.165, 1.54) is 11.8 Å². The van der Waals surface area contributed by atoms with E-state index in [0.717, 1.165) is 5.69 Å². The zero-order chi connectivity index (χ0) is 14.7. The van der Waals surface area contributed by atoms with Crippen LogP contribution in [0.5, 0.6) is 0 Å². The van der Waals surface area contributed by atoms with Crippen LogP contribution in [-0.4, -0.2) is 20.0 Å². The van der Waals surface area contributed by atoms with Gasteiger partial charge in [-0.2, -0.15) is 5.26 Å². The van der Waals surface area contributed by atoms with Crippen molar-refractivity contribution >= 4 is 11.8 Å². The monoisotopic (exact) mass is 296 g/mol. The first-order valence-electron chi connectivity index (χ1n) is 6.40. The lowest BCUT2D eigenvalue weighted by molar-refractivity contribution is 0.575. The van der Waals surface area contributed by atoms with E-state index in [4.69, 9.17) is 9.68 Å². The van der Waals surface area contributed by atoms with Gasteiger partial charge in [-0.15, -0.1) is 10.2 Å². The molecule has 21 heavy (non-hydrogen) atoms. The zero-order valence-corrected chi connectivity index (χ0v) is 12.1. The van der Waals surface area contributed by atoms with Crippen molar-refractivity contribution < 1.29 is 4.42 Å². The summed E-state index contributed by atoms with van der Waals surface area (Å²) in [6.07, 6.45) is 1.60. The van der Waals surface area contributed by atoms with E-state index < -0.39 is 0 Å². The van der Waals surface area contributed by atoms with Crippen molar-refractivity contribution in [2.24, 2.45) is 0 Å². The van der Waals surface area contributed by atoms with Crippen molar-refractivity contribution in [2.75, 3.05) is 0 Å². The minimum absolute atomic E-state index is 0.207. The van der Waals surface area contributed by atoms with Crippen LogP contribution in [0.2, 0.25) is 0 Å². The van der Waals surface area contributed by atoms with Gasteiger partial charge in [0, 0.05) is 5.69 Å². The second kappa shape index (κ2) is 5.85. The lowest BCUT2D eigenvalue weighted by atomic mass is 10.3. The van der Waals surface area contributed by atoms with Crippen LogP contribution in [0, 0.1) is 11.3 Å². The van der Waals surface area contributed by atoms with Crippen LogP contribution >= 0.6 is 11.8 Å². The third kappa shape index (κ3) is 2.69. The molecular weight excluding hydrogens is 284 g/mol. The quantitative estimate of drug-likeness (QED) is 0.689. The molecule has 0 saturated heterocycles. The van der Waals surface area contributed by atoms with Gasteiger partial charge in [-0.1, -0.05) is 30.0 Å². The van der Waals surface area contributed by atoms with Gasteiger partial charge < -0.3 is 4.42 Å². The summed E-state index contributed by atoms with van der Waals surface area (Å²) in [5, 5.41) is 17.9. The molecule has 0 N–H and O–H groups in total. The third-order valence-electron chi connectivity index (χ3n) is 2.85. The van der Waals surface area contributed by atoms with Crippen LogP contribution in [0.15, 0.2) is 58.3 Å². The fourth-order valence-electron chi connectivity index (χ4n) is 1.91. The molecule has 1 aromatic carbocycles. The number of rotatable bonds is 4. The molecule has 0 amide bonds. The van der Waals surface area contributed by atoms with Crippen LogP contribution in [0.3, 0.4) is 0 Å². The summed E-state index contributed by atoms with van der Waals surface area (Å²) in [5.74, 6) is 1.27. The first-order valence-corrected chi connectivity index (χ1v) is 7.28. The molecule has 2 aromatic heterocycles. The maximum Gasteiger partial charge on any atom is 0.205 e. The number of nitrogens with zero attached hydrogens (tertiary/aromatic N) is 4. The average Bonchev–Trinajstić information content (AvgIpc) is 3.17. The maximum atomic E-state index is 9.00. The van der Waals surface area contributed by atoms with Crippen LogP contribution in [-0.2, 0) is 0 Å².